The second-order valence-corrected chi connectivity index (χ2v) is 3.18. The largest absolute Gasteiger partial charge is 0.545 e. The maximum absolute atomic E-state index is 12.9. The van der Waals surface area contributed by atoms with Gasteiger partial charge in [-0.05, 0) is 39.7 Å². The van der Waals surface area contributed by atoms with E-state index < -0.39 is 11.8 Å². The van der Waals surface area contributed by atoms with E-state index in [4.69, 9.17) is 0 Å². The van der Waals surface area contributed by atoms with E-state index in [1.54, 1.807) is 6.07 Å². The number of carboxylic acid groups (broad SMARTS) is 1. The molecule has 4 heteroatoms. The van der Waals surface area contributed by atoms with Crippen LogP contribution in [0, 0.1) is 5.82 Å². The van der Waals surface area contributed by atoms with E-state index in [1.165, 1.54) is 18.2 Å². The van der Waals surface area contributed by atoms with Crippen molar-refractivity contribution in [1.82, 2.24) is 0 Å². The molecule has 0 bridgehead atoms. The van der Waals surface area contributed by atoms with Gasteiger partial charge in [-0.15, -0.1) is 0 Å². The van der Waals surface area contributed by atoms with Crippen LogP contribution in [0.1, 0.15) is 5.56 Å². The van der Waals surface area contributed by atoms with E-state index in [1.807, 2.05) is 0 Å². The Hall–Kier alpha value is -1.16. The number of aliphatic carboxylic acids is 1. The molecular formula is C9H5BrFO2-. The van der Waals surface area contributed by atoms with Crippen LogP contribution in [0.3, 0.4) is 0 Å². The van der Waals surface area contributed by atoms with E-state index in [-0.39, 0.29) is 0 Å². The Morgan fingerprint density at radius 2 is 2.23 bits per heavy atom. The maximum atomic E-state index is 12.9. The first kappa shape index (κ1) is 9.92. The first-order valence-electron chi connectivity index (χ1n) is 3.43. The van der Waals surface area contributed by atoms with Crippen molar-refractivity contribution in [2.24, 2.45) is 0 Å². The average molecular weight is 244 g/mol. The Kier molecular flexibility index (Phi) is 3.19. The molecule has 0 fully saturated rings. The molecular weight excluding hydrogens is 239 g/mol. The van der Waals surface area contributed by atoms with Gasteiger partial charge in [0.1, 0.15) is 5.82 Å². The van der Waals surface area contributed by atoms with Crippen LogP contribution in [0.2, 0.25) is 0 Å². The highest BCUT2D eigenvalue weighted by molar-refractivity contribution is 9.10. The summed E-state index contributed by atoms with van der Waals surface area (Å²) in [6.45, 7) is 0. The molecule has 13 heavy (non-hydrogen) atoms. The molecule has 1 rings (SSSR count). The average Bonchev–Trinajstić information content (AvgIpc) is 2.07. The molecule has 1 aromatic carbocycles. The van der Waals surface area contributed by atoms with Gasteiger partial charge in [-0.25, -0.2) is 4.39 Å². The minimum atomic E-state index is -1.30. The quantitative estimate of drug-likeness (QED) is 0.736. The fraction of sp³-hybridized carbons (Fsp3) is 0. The zero-order valence-corrected chi connectivity index (χ0v) is 8.05. The summed E-state index contributed by atoms with van der Waals surface area (Å²) >= 11 is 2.98. The summed E-state index contributed by atoms with van der Waals surface area (Å²) in [5.41, 5.74) is 0.477. The fourth-order valence-electron chi connectivity index (χ4n) is 0.780. The molecule has 0 N–H and O–H groups in total. The first-order chi connectivity index (χ1) is 6.09. The molecule has 0 spiro atoms. The van der Waals surface area contributed by atoms with Gasteiger partial charge in [-0.2, -0.15) is 0 Å². The number of rotatable bonds is 2. The molecule has 2 nitrogen and oxygen atoms in total. The van der Waals surface area contributed by atoms with E-state index in [0.717, 1.165) is 6.08 Å². The summed E-state index contributed by atoms with van der Waals surface area (Å²) in [4.78, 5) is 10.0. The number of hydrogen-bond acceptors (Lipinski definition) is 2. The molecule has 0 aromatic heterocycles. The molecule has 0 saturated heterocycles. The molecule has 0 unspecified atom stereocenters. The lowest BCUT2D eigenvalue weighted by atomic mass is 10.2. The summed E-state index contributed by atoms with van der Waals surface area (Å²) in [6, 6.07) is 4.32. The summed E-state index contributed by atoms with van der Waals surface area (Å²) in [5, 5.41) is 10.0. The molecule has 0 aliphatic carbocycles. The minimum Gasteiger partial charge on any atom is -0.545 e. The first-order valence-corrected chi connectivity index (χ1v) is 4.23. The van der Waals surface area contributed by atoms with Crippen molar-refractivity contribution in [3.05, 3.63) is 40.1 Å². The smallest absolute Gasteiger partial charge is 0.137 e. The Labute approximate surface area is 82.8 Å². The normalized spacial score (nSPS) is 10.6. The standard InChI is InChI=1S/C9H6BrFO2/c10-7-3-1-6(5-8(7)11)2-4-9(12)13/h1-5H,(H,12,13)/p-1/b4-2-. The van der Waals surface area contributed by atoms with Crippen LogP contribution in [0.15, 0.2) is 28.7 Å². The molecule has 1 aromatic rings. The summed E-state index contributed by atoms with van der Waals surface area (Å²) in [5.74, 6) is -1.73. The Morgan fingerprint density at radius 1 is 1.54 bits per heavy atom. The van der Waals surface area contributed by atoms with Crippen LogP contribution >= 0.6 is 15.9 Å². The number of carbonyl (C=O) groups excluding carboxylic acids is 1. The lowest BCUT2D eigenvalue weighted by molar-refractivity contribution is -0.297. The molecule has 68 valence electrons. The third-order valence-corrected chi connectivity index (χ3v) is 2.00. The Bertz CT molecular complexity index is 361. The van der Waals surface area contributed by atoms with E-state index >= 15 is 0 Å². The highest BCUT2D eigenvalue weighted by Gasteiger charge is 1.97. The van der Waals surface area contributed by atoms with E-state index in [9.17, 15) is 14.3 Å². The topological polar surface area (TPSA) is 40.1 Å². The lowest BCUT2D eigenvalue weighted by Gasteiger charge is -1.96. The van der Waals surface area contributed by atoms with Crippen molar-refractivity contribution < 1.29 is 14.3 Å². The molecule has 0 amide bonds. The van der Waals surface area contributed by atoms with Crippen molar-refractivity contribution in [3.63, 3.8) is 0 Å². The van der Waals surface area contributed by atoms with Crippen LogP contribution in [-0.4, -0.2) is 5.97 Å². The third kappa shape index (κ3) is 2.99. The van der Waals surface area contributed by atoms with Crippen molar-refractivity contribution in [1.29, 1.82) is 0 Å². The minimum absolute atomic E-state index is 0.345. The predicted octanol–water partition coefficient (Wildman–Crippen LogP) is 1.35. The van der Waals surface area contributed by atoms with Gasteiger partial charge in [0.25, 0.3) is 0 Å². The maximum Gasteiger partial charge on any atom is 0.137 e. The van der Waals surface area contributed by atoms with Crippen molar-refractivity contribution in [3.8, 4) is 0 Å². The van der Waals surface area contributed by atoms with Crippen LogP contribution < -0.4 is 5.11 Å². The Morgan fingerprint density at radius 3 is 2.77 bits per heavy atom. The molecule has 0 atom stereocenters. The molecule has 0 aliphatic rings. The third-order valence-electron chi connectivity index (χ3n) is 1.36. The molecule has 0 aliphatic heterocycles. The van der Waals surface area contributed by atoms with Gasteiger partial charge >= 0.3 is 0 Å². The van der Waals surface area contributed by atoms with Gasteiger partial charge in [0.2, 0.25) is 0 Å². The van der Waals surface area contributed by atoms with Gasteiger partial charge in [0.05, 0.1) is 10.4 Å². The van der Waals surface area contributed by atoms with E-state index in [2.05, 4.69) is 15.9 Å². The number of carbonyl (C=O) groups is 1. The summed E-state index contributed by atoms with van der Waals surface area (Å²) < 4.78 is 13.2. The van der Waals surface area contributed by atoms with Gasteiger partial charge < -0.3 is 9.90 Å². The van der Waals surface area contributed by atoms with Crippen LogP contribution in [0.25, 0.3) is 6.08 Å². The van der Waals surface area contributed by atoms with Gasteiger partial charge in [0, 0.05) is 0 Å². The molecule has 0 saturated carbocycles. The highest BCUT2D eigenvalue weighted by Crippen LogP contribution is 2.16. The number of halogens is 2. The van der Waals surface area contributed by atoms with Crippen molar-refractivity contribution in [2.75, 3.05) is 0 Å². The number of carboxylic acids is 1. The van der Waals surface area contributed by atoms with Crippen LogP contribution in [0.4, 0.5) is 4.39 Å². The lowest BCUT2D eigenvalue weighted by Crippen LogP contribution is -2.18. The second-order valence-electron chi connectivity index (χ2n) is 2.33. The summed E-state index contributed by atoms with van der Waals surface area (Å²) in [7, 11) is 0. The summed E-state index contributed by atoms with van der Waals surface area (Å²) in [6.07, 6.45) is 2.12. The number of benzene rings is 1. The van der Waals surface area contributed by atoms with Gasteiger partial charge in [-0.3, -0.25) is 0 Å². The van der Waals surface area contributed by atoms with Crippen LogP contribution in [-0.2, 0) is 4.79 Å². The highest BCUT2D eigenvalue weighted by atomic mass is 79.9. The molecule has 0 heterocycles. The van der Waals surface area contributed by atoms with Crippen LogP contribution in [0.5, 0.6) is 0 Å². The van der Waals surface area contributed by atoms with E-state index in [0.29, 0.717) is 10.0 Å². The van der Waals surface area contributed by atoms with Gasteiger partial charge in [-0.1, -0.05) is 12.1 Å². The predicted molar refractivity (Wildman–Crippen MR) is 48.1 cm³/mol. The fourth-order valence-corrected chi connectivity index (χ4v) is 1.03. The second kappa shape index (κ2) is 4.18. The number of hydrogen-bond donors (Lipinski definition) is 0. The zero-order chi connectivity index (χ0) is 9.84. The van der Waals surface area contributed by atoms with Crippen molar-refractivity contribution >= 4 is 28.0 Å². The van der Waals surface area contributed by atoms with Gasteiger partial charge in [0.15, 0.2) is 0 Å². The van der Waals surface area contributed by atoms with Crippen molar-refractivity contribution in [2.45, 2.75) is 0 Å². The monoisotopic (exact) mass is 243 g/mol. The SMILES string of the molecule is O=C([O-])/C=C\c1ccc(Br)c(F)c1. The molecule has 0 radical (unpaired) electrons. The Balaban J connectivity index is 2.92. The zero-order valence-electron chi connectivity index (χ0n) is 6.46.